The van der Waals surface area contributed by atoms with Gasteiger partial charge in [-0.15, -0.1) is 0 Å². The van der Waals surface area contributed by atoms with Crippen molar-refractivity contribution in [1.82, 2.24) is 5.32 Å². The van der Waals surface area contributed by atoms with Crippen molar-refractivity contribution >= 4 is 0 Å². The van der Waals surface area contributed by atoms with Crippen LogP contribution in [0.4, 0.5) is 0 Å². The highest BCUT2D eigenvalue weighted by atomic mass is 16.5. The quantitative estimate of drug-likeness (QED) is 0.531. The van der Waals surface area contributed by atoms with Gasteiger partial charge in [0.1, 0.15) is 0 Å². The maximum Gasteiger partial charge on any atom is 0.0701 e. The van der Waals surface area contributed by atoms with Crippen LogP contribution in [-0.4, -0.2) is 53.2 Å². The van der Waals surface area contributed by atoms with E-state index in [0.717, 1.165) is 6.61 Å². The van der Waals surface area contributed by atoms with Crippen molar-refractivity contribution < 1.29 is 14.2 Å². The molecule has 0 aromatic carbocycles. The molecule has 0 saturated carbocycles. The fourth-order valence-corrected chi connectivity index (χ4v) is 0.843. The van der Waals surface area contributed by atoms with E-state index in [1.165, 1.54) is 0 Å². The maximum atomic E-state index is 5.36. The largest absolute Gasteiger partial charge is 0.382 e. The third kappa shape index (κ3) is 8.18. The molecule has 0 aliphatic heterocycles. The second-order valence-electron chi connectivity index (χ2n) is 2.71. The van der Waals surface area contributed by atoms with E-state index in [1.54, 1.807) is 7.11 Å². The molecule has 1 unspecified atom stereocenters. The lowest BCUT2D eigenvalue weighted by molar-refractivity contribution is 0.0365. The van der Waals surface area contributed by atoms with Crippen LogP contribution in [0.5, 0.6) is 0 Å². The van der Waals surface area contributed by atoms with Crippen LogP contribution in [-0.2, 0) is 14.2 Å². The Morgan fingerprint density at radius 3 is 2.38 bits per heavy atom. The molecule has 0 rings (SSSR count). The van der Waals surface area contributed by atoms with Crippen LogP contribution in [0.2, 0.25) is 0 Å². The lowest BCUT2D eigenvalue weighted by Gasteiger charge is -2.15. The van der Waals surface area contributed by atoms with Gasteiger partial charge in [0.15, 0.2) is 0 Å². The van der Waals surface area contributed by atoms with Gasteiger partial charge in [-0.25, -0.2) is 0 Å². The molecule has 0 heterocycles. The van der Waals surface area contributed by atoms with Gasteiger partial charge >= 0.3 is 0 Å². The molecular formula is C9H21NO3. The molecule has 0 aromatic heterocycles. The van der Waals surface area contributed by atoms with Gasteiger partial charge in [0.05, 0.1) is 32.5 Å². The molecule has 0 aliphatic rings. The minimum atomic E-state index is 0.275. The molecule has 0 saturated heterocycles. The third-order valence-corrected chi connectivity index (χ3v) is 1.68. The lowest BCUT2D eigenvalue weighted by Crippen LogP contribution is -2.35. The van der Waals surface area contributed by atoms with Gasteiger partial charge < -0.3 is 19.5 Å². The smallest absolute Gasteiger partial charge is 0.0701 e. The molecule has 13 heavy (non-hydrogen) atoms. The molecule has 1 atom stereocenters. The lowest BCUT2D eigenvalue weighted by atomic mass is 10.3. The molecular weight excluding hydrogens is 170 g/mol. The molecule has 0 fully saturated rings. The van der Waals surface area contributed by atoms with Crippen molar-refractivity contribution in [2.75, 3.05) is 47.2 Å². The molecule has 0 amide bonds. The van der Waals surface area contributed by atoms with Crippen molar-refractivity contribution in [3.05, 3.63) is 0 Å². The summed E-state index contributed by atoms with van der Waals surface area (Å²) in [5.74, 6) is 0. The van der Waals surface area contributed by atoms with E-state index in [4.69, 9.17) is 14.2 Å². The topological polar surface area (TPSA) is 39.7 Å². The highest BCUT2D eigenvalue weighted by Gasteiger charge is 2.04. The highest BCUT2D eigenvalue weighted by Crippen LogP contribution is 1.87. The van der Waals surface area contributed by atoms with Crippen molar-refractivity contribution in [2.24, 2.45) is 0 Å². The van der Waals surface area contributed by atoms with E-state index >= 15 is 0 Å². The molecule has 0 radical (unpaired) electrons. The molecule has 1 N–H and O–H groups in total. The van der Waals surface area contributed by atoms with Gasteiger partial charge in [-0.3, -0.25) is 0 Å². The zero-order valence-corrected chi connectivity index (χ0v) is 8.84. The van der Waals surface area contributed by atoms with Crippen LogP contribution in [0, 0.1) is 0 Å². The number of nitrogens with one attached hydrogen (secondary N) is 1. The Morgan fingerprint density at radius 2 is 1.85 bits per heavy atom. The number of ether oxygens (including phenoxy) is 3. The van der Waals surface area contributed by atoms with Crippen LogP contribution in [0.3, 0.4) is 0 Å². The predicted molar refractivity (Wildman–Crippen MR) is 52.0 cm³/mol. The van der Waals surface area contributed by atoms with Crippen LogP contribution in [0.1, 0.15) is 6.92 Å². The first kappa shape index (κ1) is 12.8. The predicted octanol–water partition coefficient (Wildman–Crippen LogP) is 0.274. The third-order valence-electron chi connectivity index (χ3n) is 1.68. The summed E-state index contributed by atoms with van der Waals surface area (Å²) >= 11 is 0. The average Bonchev–Trinajstić information content (AvgIpc) is 2.17. The molecule has 0 spiro atoms. The fourth-order valence-electron chi connectivity index (χ4n) is 0.843. The number of hydrogen-bond donors (Lipinski definition) is 1. The van der Waals surface area contributed by atoms with E-state index in [2.05, 4.69) is 5.32 Å². The molecule has 0 bridgehead atoms. The van der Waals surface area contributed by atoms with Crippen molar-refractivity contribution in [3.8, 4) is 0 Å². The SMILES string of the molecule is CCOCC(COCCOC)NC. The number of rotatable bonds is 9. The van der Waals surface area contributed by atoms with Gasteiger partial charge in [-0.2, -0.15) is 0 Å². The van der Waals surface area contributed by atoms with Crippen LogP contribution >= 0.6 is 0 Å². The minimum Gasteiger partial charge on any atom is -0.382 e. The highest BCUT2D eigenvalue weighted by molar-refractivity contribution is 4.61. The van der Waals surface area contributed by atoms with E-state index in [9.17, 15) is 0 Å². The van der Waals surface area contributed by atoms with Crippen LogP contribution in [0.25, 0.3) is 0 Å². The number of hydrogen-bond acceptors (Lipinski definition) is 4. The van der Waals surface area contributed by atoms with Crippen molar-refractivity contribution in [3.63, 3.8) is 0 Å². The first-order valence-electron chi connectivity index (χ1n) is 4.66. The summed E-state index contributed by atoms with van der Waals surface area (Å²) in [5.41, 5.74) is 0. The van der Waals surface area contributed by atoms with Gasteiger partial charge in [0.2, 0.25) is 0 Å². The van der Waals surface area contributed by atoms with Gasteiger partial charge in [-0.05, 0) is 14.0 Å². The Balaban J connectivity index is 3.25. The van der Waals surface area contributed by atoms with Crippen molar-refractivity contribution in [1.29, 1.82) is 0 Å². The number of likely N-dealkylation sites (N-methyl/N-ethyl adjacent to an activating group) is 1. The zero-order valence-electron chi connectivity index (χ0n) is 8.84. The second kappa shape index (κ2) is 9.92. The van der Waals surface area contributed by atoms with Gasteiger partial charge in [0, 0.05) is 13.7 Å². The molecule has 4 heteroatoms. The molecule has 80 valence electrons. The standard InChI is InChI=1S/C9H21NO3/c1-4-12-7-9(10-2)8-13-6-5-11-3/h9-10H,4-8H2,1-3H3. The summed E-state index contributed by atoms with van der Waals surface area (Å²) in [4.78, 5) is 0. The molecule has 0 aromatic rings. The van der Waals surface area contributed by atoms with E-state index in [-0.39, 0.29) is 6.04 Å². The first-order chi connectivity index (χ1) is 6.35. The summed E-state index contributed by atoms with van der Waals surface area (Å²) in [5, 5.41) is 3.12. The fraction of sp³-hybridized carbons (Fsp3) is 1.00. The summed E-state index contributed by atoms with van der Waals surface area (Å²) in [6.07, 6.45) is 0. The first-order valence-corrected chi connectivity index (χ1v) is 4.66. The minimum absolute atomic E-state index is 0.275. The Morgan fingerprint density at radius 1 is 1.15 bits per heavy atom. The van der Waals surface area contributed by atoms with Crippen LogP contribution in [0.15, 0.2) is 0 Å². The molecule has 0 aliphatic carbocycles. The van der Waals surface area contributed by atoms with Gasteiger partial charge in [-0.1, -0.05) is 0 Å². The normalized spacial score (nSPS) is 13.2. The summed E-state index contributed by atoms with van der Waals surface area (Å²) < 4.78 is 15.5. The Hall–Kier alpha value is -0.160. The molecule has 4 nitrogen and oxygen atoms in total. The zero-order chi connectivity index (χ0) is 9.94. The number of methoxy groups -OCH3 is 1. The Labute approximate surface area is 80.5 Å². The average molecular weight is 191 g/mol. The van der Waals surface area contributed by atoms with Gasteiger partial charge in [0.25, 0.3) is 0 Å². The van der Waals surface area contributed by atoms with E-state index in [0.29, 0.717) is 26.4 Å². The summed E-state index contributed by atoms with van der Waals surface area (Å²) in [6.45, 7) is 5.38. The monoisotopic (exact) mass is 191 g/mol. The summed E-state index contributed by atoms with van der Waals surface area (Å²) in [7, 11) is 3.57. The van der Waals surface area contributed by atoms with Crippen LogP contribution < -0.4 is 5.32 Å². The maximum absolute atomic E-state index is 5.36. The van der Waals surface area contributed by atoms with E-state index < -0.39 is 0 Å². The van der Waals surface area contributed by atoms with E-state index in [1.807, 2.05) is 14.0 Å². The summed E-state index contributed by atoms with van der Waals surface area (Å²) in [6, 6.07) is 0.275. The second-order valence-corrected chi connectivity index (χ2v) is 2.71. The van der Waals surface area contributed by atoms with Crippen molar-refractivity contribution in [2.45, 2.75) is 13.0 Å². The Bertz CT molecular complexity index is 101. The Kier molecular flexibility index (Phi) is 9.80.